The fourth-order valence-electron chi connectivity index (χ4n) is 2.69. The first-order chi connectivity index (χ1) is 10.6. The third-order valence-corrected chi connectivity index (χ3v) is 6.67. The van der Waals surface area contributed by atoms with Gasteiger partial charge < -0.3 is 4.90 Å². The molecule has 2 nitrogen and oxygen atoms in total. The van der Waals surface area contributed by atoms with E-state index in [-0.39, 0.29) is 5.78 Å². The zero-order valence-corrected chi connectivity index (χ0v) is 14.7. The summed E-state index contributed by atoms with van der Waals surface area (Å²) in [5, 5.41) is 0. The molecular weight excluding hydrogens is 310 g/mol. The number of carbonyl (C=O) groups is 1. The van der Waals surface area contributed by atoms with Crippen molar-refractivity contribution in [2.24, 2.45) is 0 Å². The van der Waals surface area contributed by atoms with Gasteiger partial charge in [-0.15, -0.1) is 23.5 Å². The number of thioether (sulfide) groups is 2. The van der Waals surface area contributed by atoms with E-state index in [0.717, 1.165) is 41.1 Å². The molecule has 1 heterocycles. The summed E-state index contributed by atoms with van der Waals surface area (Å²) in [5.74, 6) is 2.59. The van der Waals surface area contributed by atoms with E-state index in [1.165, 1.54) is 16.3 Å². The molecule has 1 aromatic rings. The summed E-state index contributed by atoms with van der Waals surface area (Å²) in [6, 6.07) is 8.37. The summed E-state index contributed by atoms with van der Waals surface area (Å²) in [5.41, 5.74) is 4.32. The Labute approximate surface area is 141 Å². The Hall–Kier alpha value is -1.13. The maximum absolute atomic E-state index is 12.6. The van der Waals surface area contributed by atoms with Crippen molar-refractivity contribution < 1.29 is 4.79 Å². The minimum atomic E-state index is 0.272. The zero-order valence-electron chi connectivity index (χ0n) is 13.1. The third-order valence-electron chi connectivity index (χ3n) is 3.96. The average Bonchev–Trinajstić information content (AvgIpc) is 2.90. The van der Waals surface area contributed by atoms with Crippen molar-refractivity contribution in [2.75, 3.05) is 30.5 Å². The predicted octanol–water partition coefficient (Wildman–Crippen LogP) is 4.58. The Morgan fingerprint density at radius 3 is 2.36 bits per heavy atom. The van der Waals surface area contributed by atoms with Crippen LogP contribution in [-0.4, -0.2) is 31.4 Å². The van der Waals surface area contributed by atoms with Gasteiger partial charge in [-0.25, -0.2) is 0 Å². The minimum absolute atomic E-state index is 0.272. The molecule has 2 aliphatic rings. The van der Waals surface area contributed by atoms with Crippen LogP contribution in [0.15, 0.2) is 39.6 Å². The van der Waals surface area contributed by atoms with Crippen LogP contribution >= 0.6 is 23.5 Å². The number of benzene rings is 1. The van der Waals surface area contributed by atoms with Gasteiger partial charge >= 0.3 is 0 Å². The number of nitrogens with zero attached hydrogens (tertiary/aromatic N) is 1. The van der Waals surface area contributed by atoms with Crippen molar-refractivity contribution in [3.8, 4) is 0 Å². The number of ketones is 1. The Bertz CT molecular complexity index is 621. The Kier molecular flexibility index (Phi) is 4.99. The van der Waals surface area contributed by atoms with Gasteiger partial charge in [0, 0.05) is 35.2 Å². The second-order valence-corrected chi connectivity index (χ2v) is 8.27. The summed E-state index contributed by atoms with van der Waals surface area (Å²) < 4.78 is 1.28. The van der Waals surface area contributed by atoms with E-state index < -0.39 is 0 Å². The van der Waals surface area contributed by atoms with E-state index in [0.29, 0.717) is 0 Å². The van der Waals surface area contributed by atoms with Crippen molar-refractivity contribution in [1.29, 1.82) is 0 Å². The van der Waals surface area contributed by atoms with E-state index >= 15 is 0 Å². The Balaban J connectivity index is 1.79. The van der Waals surface area contributed by atoms with Gasteiger partial charge in [-0.3, -0.25) is 4.79 Å². The lowest BCUT2D eigenvalue weighted by atomic mass is 10.1. The van der Waals surface area contributed by atoms with E-state index in [1.807, 2.05) is 37.6 Å². The molecule has 0 atom stereocenters. The highest BCUT2D eigenvalue weighted by molar-refractivity contribution is 8.22. The van der Waals surface area contributed by atoms with Crippen LogP contribution in [0.1, 0.15) is 24.8 Å². The van der Waals surface area contributed by atoms with Crippen LogP contribution in [0.4, 0.5) is 5.69 Å². The van der Waals surface area contributed by atoms with E-state index in [4.69, 9.17) is 0 Å². The van der Waals surface area contributed by atoms with Crippen LogP contribution < -0.4 is 4.90 Å². The van der Waals surface area contributed by atoms with E-state index in [1.54, 1.807) is 0 Å². The largest absolute Gasteiger partial charge is 0.378 e. The lowest BCUT2D eigenvalue weighted by Crippen LogP contribution is -2.07. The number of anilines is 1. The molecule has 2 fully saturated rings. The van der Waals surface area contributed by atoms with Crippen molar-refractivity contribution >= 4 is 41.1 Å². The SMILES string of the molecule is CN(C)c1ccc(/C=C2/CCC(=C3SCCCS3)C2=O)cc1. The van der Waals surface area contributed by atoms with Crippen molar-refractivity contribution in [1.82, 2.24) is 0 Å². The highest BCUT2D eigenvalue weighted by Crippen LogP contribution is 2.42. The molecule has 3 rings (SSSR count). The van der Waals surface area contributed by atoms with Crippen molar-refractivity contribution in [3.63, 3.8) is 0 Å². The van der Waals surface area contributed by atoms with E-state index in [2.05, 4.69) is 35.2 Å². The molecule has 1 aliphatic carbocycles. The van der Waals surface area contributed by atoms with Crippen LogP contribution in [0, 0.1) is 0 Å². The molecule has 4 heteroatoms. The lowest BCUT2D eigenvalue weighted by molar-refractivity contribution is -0.111. The van der Waals surface area contributed by atoms with Crippen LogP contribution in [0.2, 0.25) is 0 Å². The quantitative estimate of drug-likeness (QED) is 0.739. The standard InChI is InChI=1S/C18H21NOS2/c1-19(2)15-7-4-13(5-8-15)12-14-6-9-16(17(14)20)18-21-10-3-11-22-18/h4-5,7-8,12H,3,6,9-11H2,1-2H3/b14-12-. The highest BCUT2D eigenvalue weighted by Gasteiger charge is 2.27. The molecule has 0 unspecified atom stereocenters. The van der Waals surface area contributed by atoms with Crippen LogP contribution in [-0.2, 0) is 4.79 Å². The molecule has 0 spiro atoms. The maximum Gasteiger partial charge on any atom is 0.186 e. The predicted molar refractivity (Wildman–Crippen MR) is 99.5 cm³/mol. The molecule has 1 aliphatic heterocycles. The second-order valence-electron chi connectivity index (χ2n) is 5.80. The number of rotatable bonds is 2. The number of allylic oxidation sites excluding steroid dienone is 2. The summed E-state index contributed by atoms with van der Waals surface area (Å²) in [6.07, 6.45) is 5.11. The van der Waals surface area contributed by atoms with Gasteiger partial charge in [0.15, 0.2) is 5.78 Å². The number of hydrogen-bond donors (Lipinski definition) is 0. The lowest BCUT2D eigenvalue weighted by Gasteiger charge is -2.14. The van der Waals surface area contributed by atoms with Crippen molar-refractivity contribution in [3.05, 3.63) is 45.2 Å². The molecule has 0 radical (unpaired) electrons. The fourth-order valence-corrected chi connectivity index (χ4v) is 5.39. The Morgan fingerprint density at radius 1 is 1.05 bits per heavy atom. The zero-order chi connectivity index (χ0) is 15.5. The van der Waals surface area contributed by atoms with Gasteiger partial charge in [-0.2, -0.15) is 0 Å². The summed E-state index contributed by atoms with van der Waals surface area (Å²) in [7, 11) is 4.07. The third kappa shape index (κ3) is 3.44. The van der Waals surface area contributed by atoms with Gasteiger partial charge in [-0.1, -0.05) is 12.1 Å². The van der Waals surface area contributed by atoms with Crippen LogP contribution in [0.5, 0.6) is 0 Å². The first-order valence-electron chi connectivity index (χ1n) is 7.66. The summed E-state index contributed by atoms with van der Waals surface area (Å²) in [4.78, 5) is 14.7. The summed E-state index contributed by atoms with van der Waals surface area (Å²) in [6.45, 7) is 0. The monoisotopic (exact) mass is 331 g/mol. The average molecular weight is 332 g/mol. The number of carbonyl (C=O) groups excluding carboxylic acids is 1. The molecule has 0 aromatic heterocycles. The molecule has 0 N–H and O–H groups in total. The molecule has 1 aromatic carbocycles. The Morgan fingerprint density at radius 2 is 1.73 bits per heavy atom. The highest BCUT2D eigenvalue weighted by atomic mass is 32.2. The van der Waals surface area contributed by atoms with Crippen LogP contribution in [0.3, 0.4) is 0 Å². The van der Waals surface area contributed by atoms with Gasteiger partial charge in [0.05, 0.1) is 0 Å². The second kappa shape index (κ2) is 6.97. The fraction of sp³-hybridized carbons (Fsp3) is 0.389. The maximum atomic E-state index is 12.6. The number of Topliss-reactive ketones (excluding diaryl/α,β-unsaturated/α-hetero) is 1. The van der Waals surface area contributed by atoms with E-state index in [9.17, 15) is 4.79 Å². The number of hydrogen-bond acceptors (Lipinski definition) is 4. The normalized spacial score (nSPS) is 20.8. The minimum Gasteiger partial charge on any atom is -0.378 e. The molecule has 0 bridgehead atoms. The first-order valence-corrected chi connectivity index (χ1v) is 9.63. The molecule has 0 amide bonds. The topological polar surface area (TPSA) is 20.3 Å². The van der Waals surface area contributed by atoms with Gasteiger partial charge in [0.25, 0.3) is 0 Å². The summed E-state index contributed by atoms with van der Waals surface area (Å²) >= 11 is 3.73. The smallest absolute Gasteiger partial charge is 0.186 e. The van der Waals surface area contributed by atoms with Gasteiger partial charge in [-0.05, 0) is 54.5 Å². The molecule has 116 valence electrons. The van der Waals surface area contributed by atoms with Crippen LogP contribution in [0.25, 0.3) is 6.08 Å². The van der Waals surface area contributed by atoms with Gasteiger partial charge in [0.1, 0.15) is 0 Å². The molecular formula is C18H21NOS2. The molecule has 1 saturated heterocycles. The van der Waals surface area contributed by atoms with Crippen molar-refractivity contribution in [2.45, 2.75) is 19.3 Å². The van der Waals surface area contributed by atoms with Gasteiger partial charge in [0.2, 0.25) is 0 Å². The molecule has 22 heavy (non-hydrogen) atoms. The first kappa shape index (κ1) is 15.8. The molecule has 1 saturated carbocycles.